The van der Waals surface area contributed by atoms with Crippen LogP contribution >= 0.6 is 0 Å². The zero-order valence-electron chi connectivity index (χ0n) is 77.3. The molecule has 0 radical (unpaired) electrons. The first-order valence-electron chi connectivity index (χ1n) is 46.5. The highest BCUT2D eigenvalue weighted by atomic mass is 15.1. The van der Waals surface area contributed by atoms with Crippen LogP contribution in [0, 0.1) is 19.7 Å². The van der Waals surface area contributed by atoms with Gasteiger partial charge >= 0.3 is 0 Å². The van der Waals surface area contributed by atoms with E-state index in [0.717, 1.165) is 105 Å². The Bertz CT molecular complexity index is 8380. The number of hydrogen-bond donors (Lipinski definition) is 0. The number of hydrogen-bond acceptors (Lipinski definition) is 9. The summed E-state index contributed by atoms with van der Waals surface area (Å²) < 4.78 is 0. The van der Waals surface area contributed by atoms with Crippen molar-refractivity contribution in [3.8, 4) is 192 Å². The van der Waals surface area contributed by atoms with Gasteiger partial charge in [0.05, 0.1) is 19.7 Å². The second-order valence-corrected chi connectivity index (χ2v) is 36.8. The standard InChI is InChI=1S/C49H34N4.C41H28N4.C37H26N4/c1-49(2)44-26-23-37(30-43(44)42-25-24-41(50-3)31-45(42)49)34-19-21-36(22-20-34)47-51-46(35-17-11-6-12-18-35)52-48(53-47)40-28-38(32-13-7-4-8-14-32)27-39(29-40)33-15-9-5-10-16-33;1-41(2)35-18-10-16-32(37(35)34-24-23-30(42-3)25-36(34)41)27-19-21-29(22-20-27)39-43-38(28-12-5-4-6-13-28)44-40(45-39)33-17-9-14-26-11-7-8-15-31(26)33;1-37(2)31-16-10-15-29(33(31)30-22-21-28(38-3)23-32(30)37)24-17-19-27(20-18-24)36-40-34(25-11-6-4-7-12-25)39-35(41-36)26-13-8-5-9-14-26/h4-31H,1-2H3;4-25H,1-2H3;4-23H,1-2H3. The van der Waals surface area contributed by atoms with Gasteiger partial charge in [0.25, 0.3) is 0 Å². The Labute approximate surface area is 808 Å². The highest BCUT2D eigenvalue weighted by molar-refractivity contribution is 5.98. The number of aromatic nitrogens is 9. The molecule has 21 aromatic rings. The van der Waals surface area contributed by atoms with E-state index in [-0.39, 0.29) is 16.2 Å². The van der Waals surface area contributed by atoms with Crippen LogP contribution in [0.15, 0.2) is 425 Å². The smallest absolute Gasteiger partial charge is 0.187 e. The first-order chi connectivity index (χ1) is 68.0. The number of nitrogens with zero attached hydrogens (tertiary/aromatic N) is 12. The summed E-state index contributed by atoms with van der Waals surface area (Å²) in [5, 5.41) is 2.25. The third kappa shape index (κ3) is 16.3. The second-order valence-electron chi connectivity index (χ2n) is 36.8. The first kappa shape index (κ1) is 86.1. The van der Waals surface area contributed by atoms with E-state index in [4.69, 9.17) is 64.6 Å². The molecule has 3 heterocycles. The van der Waals surface area contributed by atoms with E-state index in [1.165, 1.54) is 77.9 Å². The van der Waals surface area contributed by atoms with Crippen LogP contribution in [-0.4, -0.2) is 44.9 Å². The normalized spacial score (nSPS) is 12.7. The van der Waals surface area contributed by atoms with Gasteiger partial charge < -0.3 is 0 Å². The fourth-order valence-electron chi connectivity index (χ4n) is 20.0. The monoisotopic (exact) mass is 1780 g/mol. The van der Waals surface area contributed by atoms with Crippen LogP contribution in [0.25, 0.3) is 217 Å². The largest absolute Gasteiger partial charge is 0.238 e. The molecule has 0 fully saturated rings. The fourth-order valence-corrected chi connectivity index (χ4v) is 20.0. The van der Waals surface area contributed by atoms with E-state index in [9.17, 15) is 0 Å². The molecule has 0 spiro atoms. The van der Waals surface area contributed by atoms with Crippen molar-refractivity contribution in [2.45, 2.75) is 57.8 Å². The second kappa shape index (κ2) is 35.9. The van der Waals surface area contributed by atoms with Crippen LogP contribution in [0.4, 0.5) is 17.1 Å². The Morgan fingerprint density at radius 2 is 0.439 bits per heavy atom. The topological polar surface area (TPSA) is 129 Å². The molecule has 24 rings (SSSR count). The summed E-state index contributed by atoms with van der Waals surface area (Å²) in [4.78, 5) is 55.8. The van der Waals surface area contributed by atoms with Gasteiger partial charge in [0.15, 0.2) is 69.5 Å². The van der Waals surface area contributed by atoms with Crippen molar-refractivity contribution < 1.29 is 0 Å². The average Bonchev–Trinajstić information content (AvgIpc) is 1.58. The molecule has 12 heteroatoms. The zero-order chi connectivity index (χ0) is 94.5. The van der Waals surface area contributed by atoms with E-state index in [1.54, 1.807) is 0 Å². The van der Waals surface area contributed by atoms with Crippen LogP contribution in [0.3, 0.4) is 0 Å². The Balaban J connectivity index is 0.000000121. The van der Waals surface area contributed by atoms with Gasteiger partial charge in [0.2, 0.25) is 0 Å². The lowest BCUT2D eigenvalue weighted by Crippen LogP contribution is -2.14. The van der Waals surface area contributed by atoms with Gasteiger partial charge in [-0.1, -0.05) is 442 Å². The molecule has 3 aliphatic carbocycles. The van der Waals surface area contributed by atoms with Gasteiger partial charge in [-0.25, -0.2) is 59.4 Å². The highest BCUT2D eigenvalue weighted by Crippen LogP contribution is 2.56. The predicted octanol–water partition coefficient (Wildman–Crippen LogP) is 32.7. The minimum atomic E-state index is -0.182. The maximum Gasteiger partial charge on any atom is 0.187 e. The molecule has 0 aliphatic heterocycles. The molecule has 0 N–H and O–H groups in total. The minimum absolute atomic E-state index is 0.164. The quantitative estimate of drug-likeness (QED) is 0.0977. The summed E-state index contributed by atoms with van der Waals surface area (Å²) in [5.74, 6) is 5.73. The first-order valence-corrected chi connectivity index (χ1v) is 46.5. The van der Waals surface area contributed by atoms with Crippen molar-refractivity contribution in [3.63, 3.8) is 0 Å². The number of fused-ring (bicyclic) bond motifs is 10. The van der Waals surface area contributed by atoms with E-state index in [1.807, 2.05) is 182 Å². The van der Waals surface area contributed by atoms with Crippen molar-refractivity contribution in [2.24, 2.45) is 0 Å². The van der Waals surface area contributed by atoms with E-state index >= 15 is 0 Å². The van der Waals surface area contributed by atoms with Crippen LogP contribution in [0.5, 0.6) is 0 Å². The van der Waals surface area contributed by atoms with Crippen LogP contribution in [0.2, 0.25) is 0 Å². The molecular formula is C127H88N12. The maximum atomic E-state index is 7.54. The molecule has 0 unspecified atom stereocenters. The molecule has 656 valence electrons. The lowest BCUT2D eigenvalue weighted by atomic mass is 9.82. The predicted molar refractivity (Wildman–Crippen MR) is 565 cm³/mol. The van der Waals surface area contributed by atoms with Gasteiger partial charge in [0.1, 0.15) is 0 Å². The van der Waals surface area contributed by atoms with Crippen LogP contribution < -0.4 is 0 Å². The average molecular weight is 1780 g/mol. The third-order valence-corrected chi connectivity index (χ3v) is 27.3. The molecule has 0 saturated carbocycles. The van der Waals surface area contributed by atoms with Gasteiger partial charge in [0, 0.05) is 66.3 Å². The van der Waals surface area contributed by atoms with Gasteiger partial charge in [-0.05, 0) is 157 Å². The molecule has 0 amide bonds. The molecule has 3 aliphatic rings. The lowest BCUT2D eigenvalue weighted by Gasteiger charge is -2.22. The van der Waals surface area contributed by atoms with Crippen LogP contribution in [-0.2, 0) is 16.2 Å². The summed E-state index contributed by atoms with van der Waals surface area (Å²) in [5.41, 5.74) is 36.1. The Kier molecular flexibility index (Phi) is 22.3. The molecular weight excluding hydrogens is 1690 g/mol. The molecule has 0 atom stereocenters. The zero-order valence-corrected chi connectivity index (χ0v) is 77.3. The van der Waals surface area contributed by atoms with Crippen molar-refractivity contribution in [1.82, 2.24) is 44.9 Å². The lowest BCUT2D eigenvalue weighted by molar-refractivity contribution is 0.660. The van der Waals surface area contributed by atoms with E-state index in [2.05, 4.69) is 299 Å². The molecule has 0 saturated heterocycles. The third-order valence-electron chi connectivity index (χ3n) is 27.3. The van der Waals surface area contributed by atoms with Crippen molar-refractivity contribution >= 4 is 27.8 Å². The van der Waals surface area contributed by atoms with E-state index in [0.29, 0.717) is 69.5 Å². The highest BCUT2D eigenvalue weighted by Gasteiger charge is 2.40. The number of rotatable bonds is 14. The SMILES string of the molecule is [C-]#[N+]c1ccc2c(c1)C(C)(C)c1ccc(-c3ccc(-c4nc(-c5ccccc5)nc(-c5cc(-c6ccccc6)cc(-c6ccccc6)c5)n4)cc3)cc1-2.[C-]#[N+]c1ccc2c(c1)C(C)(C)c1cccc(-c3ccc(-c4nc(-c5ccccc5)nc(-c5cccc6ccccc56)n4)cc3)c1-2.[C-]#[N+]c1ccc2c(c1)C(C)(C)c1cccc(-c3ccc(-c4nc(-c5ccccc5)nc(-c5ccccc5)n4)cc3)c1-2. The molecule has 18 aromatic carbocycles. The molecule has 0 bridgehead atoms. The molecule has 3 aromatic heterocycles. The molecule has 12 nitrogen and oxygen atoms in total. The minimum Gasteiger partial charge on any atom is -0.238 e. The van der Waals surface area contributed by atoms with E-state index < -0.39 is 0 Å². The maximum absolute atomic E-state index is 7.54. The summed E-state index contributed by atoms with van der Waals surface area (Å²) in [6.45, 7) is 36.0. The fraction of sp³-hybridized carbons (Fsp3) is 0.0709. The Morgan fingerprint density at radius 1 is 0.165 bits per heavy atom. The summed E-state index contributed by atoms with van der Waals surface area (Å²) in [6.07, 6.45) is 0. The molecule has 139 heavy (non-hydrogen) atoms. The Hall–Kier alpha value is -18.3. The van der Waals surface area contributed by atoms with Crippen molar-refractivity contribution in [1.29, 1.82) is 0 Å². The Morgan fingerprint density at radius 3 is 0.827 bits per heavy atom. The summed E-state index contributed by atoms with van der Waals surface area (Å²) in [7, 11) is 0. The summed E-state index contributed by atoms with van der Waals surface area (Å²) >= 11 is 0. The van der Waals surface area contributed by atoms with Gasteiger partial charge in [-0.15, -0.1) is 0 Å². The number of benzene rings is 18. The van der Waals surface area contributed by atoms with Crippen LogP contribution in [0.1, 0.15) is 74.9 Å². The van der Waals surface area contributed by atoms with Gasteiger partial charge in [-0.2, -0.15) is 0 Å². The van der Waals surface area contributed by atoms with Crippen molar-refractivity contribution in [3.05, 3.63) is 492 Å². The summed E-state index contributed by atoms with van der Waals surface area (Å²) in [6, 6.07) is 146. The van der Waals surface area contributed by atoms with Gasteiger partial charge in [-0.3, -0.25) is 0 Å². The van der Waals surface area contributed by atoms with Crippen molar-refractivity contribution in [2.75, 3.05) is 0 Å².